The van der Waals surface area contributed by atoms with Crippen LogP contribution < -0.4 is 5.32 Å². The van der Waals surface area contributed by atoms with E-state index in [2.05, 4.69) is 11.4 Å². The van der Waals surface area contributed by atoms with Crippen LogP contribution in [0.3, 0.4) is 0 Å². The molecule has 0 heterocycles. The molecule has 0 aliphatic heterocycles. The predicted octanol–water partition coefficient (Wildman–Crippen LogP) is 1.89. The second kappa shape index (κ2) is 6.76. The highest BCUT2D eigenvalue weighted by Gasteiger charge is 2.20. The van der Waals surface area contributed by atoms with E-state index in [1.807, 2.05) is 26.2 Å². The van der Waals surface area contributed by atoms with Gasteiger partial charge in [-0.25, -0.2) is 0 Å². The summed E-state index contributed by atoms with van der Waals surface area (Å²) in [5.41, 5.74) is 3.53. The summed E-state index contributed by atoms with van der Waals surface area (Å²) in [6.07, 6.45) is 3.35. The van der Waals surface area contributed by atoms with E-state index >= 15 is 0 Å². The van der Waals surface area contributed by atoms with Crippen LogP contribution in [0.15, 0.2) is 18.2 Å². The van der Waals surface area contributed by atoms with Gasteiger partial charge in [-0.1, -0.05) is 12.1 Å². The highest BCUT2D eigenvalue weighted by molar-refractivity contribution is 5.96. The molecule has 0 spiro atoms. The van der Waals surface area contributed by atoms with Gasteiger partial charge in [0, 0.05) is 25.7 Å². The van der Waals surface area contributed by atoms with Crippen LogP contribution in [0.4, 0.5) is 0 Å². The minimum Gasteiger partial charge on any atom is -0.340 e. The lowest BCUT2D eigenvalue weighted by Crippen LogP contribution is -2.33. The number of likely N-dealkylation sites (N-methyl/N-ethyl adjacent to an activating group) is 2. The molecule has 1 aliphatic carbocycles. The van der Waals surface area contributed by atoms with Gasteiger partial charge in [0.25, 0.3) is 5.91 Å². The molecule has 0 bridgehead atoms. The molecule has 0 unspecified atom stereocenters. The maximum Gasteiger partial charge on any atom is 0.253 e. The first kappa shape index (κ1) is 15.0. The van der Waals surface area contributed by atoms with Gasteiger partial charge in [0.15, 0.2) is 0 Å². The number of benzene rings is 1. The largest absolute Gasteiger partial charge is 0.340 e. The van der Waals surface area contributed by atoms with Crippen molar-refractivity contribution in [2.24, 2.45) is 0 Å². The summed E-state index contributed by atoms with van der Waals surface area (Å²) >= 11 is 0. The van der Waals surface area contributed by atoms with E-state index in [0.29, 0.717) is 0 Å². The van der Waals surface area contributed by atoms with E-state index in [-0.39, 0.29) is 18.3 Å². The highest BCUT2D eigenvalue weighted by atomic mass is 35.5. The third kappa shape index (κ3) is 3.03. The van der Waals surface area contributed by atoms with Crippen molar-refractivity contribution in [1.82, 2.24) is 10.2 Å². The zero-order valence-electron chi connectivity index (χ0n) is 11.0. The number of carbonyl (C=O) groups is 1. The van der Waals surface area contributed by atoms with Gasteiger partial charge in [0.05, 0.1) is 0 Å². The van der Waals surface area contributed by atoms with Gasteiger partial charge in [-0.3, -0.25) is 4.79 Å². The Kier molecular flexibility index (Phi) is 5.63. The molecule has 1 aliphatic rings. The number of nitrogens with zero attached hydrogens (tertiary/aromatic N) is 1. The van der Waals surface area contributed by atoms with E-state index in [9.17, 15) is 4.79 Å². The number of fused-ring (bicyclic) bond motifs is 1. The van der Waals surface area contributed by atoms with Crippen molar-refractivity contribution >= 4 is 18.3 Å². The zero-order chi connectivity index (χ0) is 12.3. The van der Waals surface area contributed by atoms with Crippen molar-refractivity contribution in [1.29, 1.82) is 0 Å². The molecule has 1 N–H and O–H groups in total. The summed E-state index contributed by atoms with van der Waals surface area (Å²) < 4.78 is 0. The Balaban J connectivity index is 0.00000162. The maximum atomic E-state index is 12.3. The third-order valence-corrected chi connectivity index (χ3v) is 3.42. The summed E-state index contributed by atoms with van der Waals surface area (Å²) in [5.74, 6) is 0.152. The van der Waals surface area contributed by atoms with Crippen molar-refractivity contribution in [2.75, 3.05) is 27.2 Å². The molecule has 0 saturated carbocycles. The fraction of sp³-hybridized carbons (Fsp3) is 0.500. The topological polar surface area (TPSA) is 32.3 Å². The molecule has 1 aromatic rings. The summed E-state index contributed by atoms with van der Waals surface area (Å²) in [4.78, 5) is 14.1. The number of halogens is 1. The number of aryl methyl sites for hydroxylation is 1. The Morgan fingerprint density at radius 1 is 1.39 bits per heavy atom. The first-order valence-electron chi connectivity index (χ1n) is 6.25. The van der Waals surface area contributed by atoms with Gasteiger partial charge in [0.2, 0.25) is 0 Å². The molecule has 0 saturated heterocycles. The van der Waals surface area contributed by atoms with Crippen LogP contribution in [-0.2, 0) is 12.8 Å². The van der Waals surface area contributed by atoms with Crippen LogP contribution in [0.2, 0.25) is 0 Å². The average molecular weight is 269 g/mol. The second-order valence-corrected chi connectivity index (χ2v) is 4.63. The molecule has 2 rings (SSSR count). The lowest BCUT2D eigenvalue weighted by Gasteiger charge is -2.18. The van der Waals surface area contributed by atoms with Crippen LogP contribution >= 0.6 is 12.4 Å². The summed E-state index contributed by atoms with van der Waals surface area (Å²) in [5, 5.41) is 3.06. The SMILES string of the molecule is CNCCN(C)C(=O)c1cccc2c1CCC2.Cl. The summed E-state index contributed by atoms with van der Waals surface area (Å²) in [6, 6.07) is 6.11. The molecular formula is C14H21ClN2O. The average Bonchev–Trinajstić information content (AvgIpc) is 2.82. The van der Waals surface area contributed by atoms with Crippen LogP contribution in [0.5, 0.6) is 0 Å². The lowest BCUT2D eigenvalue weighted by molar-refractivity contribution is 0.0796. The fourth-order valence-electron chi connectivity index (χ4n) is 2.41. The highest BCUT2D eigenvalue weighted by Crippen LogP contribution is 2.25. The number of nitrogens with one attached hydrogen (secondary N) is 1. The first-order valence-corrected chi connectivity index (χ1v) is 6.25. The van der Waals surface area contributed by atoms with Gasteiger partial charge < -0.3 is 10.2 Å². The third-order valence-electron chi connectivity index (χ3n) is 3.42. The minimum absolute atomic E-state index is 0. The van der Waals surface area contributed by atoms with Gasteiger partial charge in [-0.05, 0) is 43.5 Å². The molecule has 1 aromatic carbocycles. The Labute approximate surface area is 115 Å². The number of hydrogen-bond acceptors (Lipinski definition) is 2. The quantitative estimate of drug-likeness (QED) is 0.905. The molecule has 4 heteroatoms. The van der Waals surface area contributed by atoms with Crippen LogP contribution in [-0.4, -0.2) is 38.0 Å². The van der Waals surface area contributed by atoms with Gasteiger partial charge in [0.1, 0.15) is 0 Å². The van der Waals surface area contributed by atoms with Crippen molar-refractivity contribution in [3.63, 3.8) is 0 Å². The van der Waals surface area contributed by atoms with Crippen LogP contribution in [0.25, 0.3) is 0 Å². The van der Waals surface area contributed by atoms with Gasteiger partial charge in [-0.2, -0.15) is 0 Å². The number of amides is 1. The standard InChI is InChI=1S/C14H20N2O.ClH/c1-15-9-10-16(2)14(17)13-8-4-6-11-5-3-7-12(11)13;/h4,6,8,15H,3,5,7,9-10H2,1-2H3;1H. The van der Waals surface area contributed by atoms with Crippen LogP contribution in [0, 0.1) is 0 Å². The maximum absolute atomic E-state index is 12.3. The smallest absolute Gasteiger partial charge is 0.253 e. The summed E-state index contributed by atoms with van der Waals surface area (Å²) in [7, 11) is 3.77. The van der Waals surface area contributed by atoms with E-state index in [4.69, 9.17) is 0 Å². The molecule has 100 valence electrons. The van der Waals surface area contributed by atoms with Crippen molar-refractivity contribution in [2.45, 2.75) is 19.3 Å². The van der Waals surface area contributed by atoms with E-state index in [1.165, 1.54) is 17.5 Å². The molecule has 0 radical (unpaired) electrons. The van der Waals surface area contributed by atoms with Gasteiger partial charge >= 0.3 is 0 Å². The normalized spacial score (nSPS) is 12.8. The monoisotopic (exact) mass is 268 g/mol. The van der Waals surface area contributed by atoms with E-state index in [1.54, 1.807) is 4.90 Å². The Morgan fingerprint density at radius 3 is 2.89 bits per heavy atom. The van der Waals surface area contributed by atoms with Crippen molar-refractivity contribution < 1.29 is 4.79 Å². The molecule has 3 nitrogen and oxygen atoms in total. The molecule has 1 amide bonds. The van der Waals surface area contributed by atoms with E-state index in [0.717, 1.165) is 31.5 Å². The van der Waals surface area contributed by atoms with Crippen LogP contribution in [0.1, 0.15) is 27.9 Å². The Hall–Kier alpha value is -1.06. The fourth-order valence-corrected chi connectivity index (χ4v) is 2.41. The summed E-state index contributed by atoms with van der Waals surface area (Å²) in [6.45, 7) is 1.58. The molecular weight excluding hydrogens is 248 g/mol. The molecule has 0 aromatic heterocycles. The molecule has 0 fully saturated rings. The Morgan fingerprint density at radius 2 is 2.17 bits per heavy atom. The number of rotatable bonds is 4. The first-order chi connectivity index (χ1) is 8.24. The zero-order valence-corrected chi connectivity index (χ0v) is 11.8. The number of hydrogen-bond donors (Lipinski definition) is 1. The lowest BCUT2D eigenvalue weighted by atomic mass is 10.0. The minimum atomic E-state index is 0. The number of carbonyl (C=O) groups excluding carboxylic acids is 1. The molecule has 18 heavy (non-hydrogen) atoms. The van der Waals surface area contributed by atoms with E-state index < -0.39 is 0 Å². The predicted molar refractivity (Wildman–Crippen MR) is 76.6 cm³/mol. The molecule has 0 atom stereocenters. The van der Waals surface area contributed by atoms with Crippen molar-refractivity contribution in [3.8, 4) is 0 Å². The van der Waals surface area contributed by atoms with Gasteiger partial charge in [-0.15, -0.1) is 12.4 Å². The second-order valence-electron chi connectivity index (χ2n) is 4.63. The van der Waals surface area contributed by atoms with Crippen molar-refractivity contribution in [3.05, 3.63) is 34.9 Å². The Bertz CT molecular complexity index is 420.